The predicted molar refractivity (Wildman–Crippen MR) is 102 cm³/mol. The van der Waals surface area contributed by atoms with Gasteiger partial charge in [0.1, 0.15) is 17.5 Å². The first kappa shape index (κ1) is 17.7. The molecule has 0 aliphatic carbocycles. The monoisotopic (exact) mass is 372 g/mol. The maximum atomic E-state index is 6.15. The third-order valence-electron chi connectivity index (χ3n) is 3.70. The molecule has 0 radical (unpaired) electrons. The van der Waals surface area contributed by atoms with E-state index in [1.807, 2.05) is 48.5 Å². The molecule has 0 saturated carbocycles. The molecule has 0 saturated heterocycles. The summed E-state index contributed by atoms with van der Waals surface area (Å²) in [6.07, 6.45) is 1.78. The average Bonchev–Trinajstić information content (AvgIpc) is 2.63. The van der Waals surface area contributed by atoms with Crippen molar-refractivity contribution in [2.45, 2.75) is 19.7 Å². The number of halogens is 2. The van der Waals surface area contributed by atoms with Crippen LogP contribution in [0.25, 0.3) is 0 Å². The van der Waals surface area contributed by atoms with Crippen LogP contribution in [0.15, 0.2) is 66.9 Å². The van der Waals surface area contributed by atoms with Crippen LogP contribution in [0.4, 0.5) is 0 Å². The van der Waals surface area contributed by atoms with Crippen LogP contribution < -0.4 is 10.1 Å². The zero-order valence-corrected chi connectivity index (χ0v) is 15.1. The second-order valence-electron chi connectivity index (χ2n) is 5.62. The third kappa shape index (κ3) is 5.46. The maximum absolute atomic E-state index is 6.15. The van der Waals surface area contributed by atoms with Crippen molar-refractivity contribution in [1.82, 2.24) is 10.3 Å². The van der Waals surface area contributed by atoms with Crippen LogP contribution in [0.1, 0.15) is 16.7 Å². The van der Waals surface area contributed by atoms with Gasteiger partial charge in [-0.2, -0.15) is 0 Å². The summed E-state index contributed by atoms with van der Waals surface area (Å²) >= 11 is 11.9. The molecule has 128 valence electrons. The van der Waals surface area contributed by atoms with Crippen LogP contribution >= 0.6 is 23.2 Å². The van der Waals surface area contributed by atoms with Gasteiger partial charge < -0.3 is 10.1 Å². The summed E-state index contributed by atoms with van der Waals surface area (Å²) in [5.74, 6) is 0.826. The summed E-state index contributed by atoms with van der Waals surface area (Å²) in [5, 5.41) is 4.61. The molecule has 3 rings (SSSR count). The number of aromatic nitrogens is 1. The van der Waals surface area contributed by atoms with Gasteiger partial charge in [0.2, 0.25) is 0 Å². The fourth-order valence-electron chi connectivity index (χ4n) is 2.38. The Morgan fingerprint density at radius 2 is 1.72 bits per heavy atom. The Balaban J connectivity index is 1.52. The van der Waals surface area contributed by atoms with E-state index in [0.29, 0.717) is 11.8 Å². The van der Waals surface area contributed by atoms with Crippen molar-refractivity contribution in [3.05, 3.63) is 93.7 Å². The Bertz CT molecular complexity index is 822. The number of hydrogen-bond donors (Lipinski definition) is 1. The molecule has 0 aliphatic heterocycles. The fraction of sp³-hybridized carbons (Fsp3) is 0.150. The molecule has 0 unspecified atom stereocenters. The number of benzene rings is 2. The van der Waals surface area contributed by atoms with Crippen LogP contribution in [0, 0.1) is 0 Å². The van der Waals surface area contributed by atoms with Gasteiger partial charge in [-0.1, -0.05) is 59.6 Å². The van der Waals surface area contributed by atoms with Gasteiger partial charge in [0.25, 0.3) is 0 Å². The molecular weight excluding hydrogens is 355 g/mol. The molecular formula is C20H18Cl2N2O. The molecule has 0 spiro atoms. The molecule has 2 aromatic carbocycles. The van der Waals surface area contributed by atoms with Gasteiger partial charge in [-0.3, -0.25) is 0 Å². The Labute approximate surface area is 157 Å². The minimum absolute atomic E-state index is 0.451. The van der Waals surface area contributed by atoms with Crippen LogP contribution in [-0.2, 0) is 19.7 Å². The lowest BCUT2D eigenvalue weighted by Crippen LogP contribution is -2.12. The second kappa shape index (κ2) is 8.86. The topological polar surface area (TPSA) is 34.1 Å². The molecule has 1 N–H and O–H groups in total. The van der Waals surface area contributed by atoms with Gasteiger partial charge in [-0.05, 0) is 35.4 Å². The highest BCUT2D eigenvalue weighted by Crippen LogP contribution is 2.19. The third-order valence-corrected chi connectivity index (χ3v) is 4.29. The lowest BCUT2D eigenvalue weighted by Gasteiger charge is -2.10. The van der Waals surface area contributed by atoms with Gasteiger partial charge in [0.05, 0.1) is 0 Å². The van der Waals surface area contributed by atoms with Crippen molar-refractivity contribution in [3.63, 3.8) is 0 Å². The molecule has 1 heterocycles. The second-order valence-corrected chi connectivity index (χ2v) is 6.41. The summed E-state index contributed by atoms with van der Waals surface area (Å²) in [7, 11) is 0. The van der Waals surface area contributed by atoms with E-state index in [1.165, 1.54) is 0 Å². The molecule has 0 atom stereocenters. The number of nitrogens with one attached hydrogen (secondary N) is 1. The lowest BCUT2D eigenvalue weighted by atomic mass is 10.2. The van der Waals surface area contributed by atoms with Gasteiger partial charge in [0.15, 0.2) is 0 Å². The van der Waals surface area contributed by atoms with E-state index in [-0.39, 0.29) is 0 Å². The number of rotatable bonds is 7. The summed E-state index contributed by atoms with van der Waals surface area (Å²) < 4.78 is 5.85. The number of hydrogen-bond acceptors (Lipinski definition) is 3. The van der Waals surface area contributed by atoms with Gasteiger partial charge >= 0.3 is 0 Å². The highest BCUT2D eigenvalue weighted by atomic mass is 35.5. The van der Waals surface area contributed by atoms with Crippen molar-refractivity contribution >= 4 is 23.2 Å². The Morgan fingerprint density at radius 1 is 0.880 bits per heavy atom. The van der Waals surface area contributed by atoms with E-state index in [9.17, 15) is 0 Å². The van der Waals surface area contributed by atoms with E-state index in [2.05, 4.69) is 16.4 Å². The SMILES string of the molecule is Clc1ccc(CNCc2cccc(OCc3ccccc3Cl)c2)cn1. The summed E-state index contributed by atoms with van der Waals surface area (Å²) in [6.45, 7) is 1.92. The largest absolute Gasteiger partial charge is 0.489 e. The molecule has 3 nitrogen and oxygen atoms in total. The Hall–Kier alpha value is -2.07. The minimum atomic E-state index is 0.451. The smallest absolute Gasteiger partial charge is 0.129 e. The quantitative estimate of drug-likeness (QED) is 0.574. The zero-order chi connectivity index (χ0) is 17.5. The van der Waals surface area contributed by atoms with Crippen molar-refractivity contribution in [1.29, 1.82) is 0 Å². The molecule has 3 aromatic rings. The van der Waals surface area contributed by atoms with Crippen LogP contribution in [0.5, 0.6) is 5.75 Å². The molecule has 25 heavy (non-hydrogen) atoms. The average molecular weight is 373 g/mol. The number of ether oxygens (including phenoxy) is 1. The lowest BCUT2D eigenvalue weighted by molar-refractivity contribution is 0.306. The van der Waals surface area contributed by atoms with Crippen LogP contribution in [0.2, 0.25) is 10.2 Å². The molecule has 0 bridgehead atoms. The molecule has 0 amide bonds. The molecule has 0 aliphatic rings. The van der Waals surface area contributed by atoms with Crippen molar-refractivity contribution in [2.24, 2.45) is 0 Å². The van der Waals surface area contributed by atoms with Crippen molar-refractivity contribution in [3.8, 4) is 5.75 Å². The zero-order valence-electron chi connectivity index (χ0n) is 13.6. The van der Waals surface area contributed by atoms with E-state index in [4.69, 9.17) is 27.9 Å². The minimum Gasteiger partial charge on any atom is -0.489 e. The summed E-state index contributed by atoms with van der Waals surface area (Å²) in [5.41, 5.74) is 3.22. The van der Waals surface area contributed by atoms with E-state index in [1.54, 1.807) is 12.3 Å². The van der Waals surface area contributed by atoms with Gasteiger partial charge in [-0.15, -0.1) is 0 Å². The van der Waals surface area contributed by atoms with E-state index < -0.39 is 0 Å². The predicted octanol–water partition coefficient (Wildman–Crippen LogP) is 5.26. The highest BCUT2D eigenvalue weighted by molar-refractivity contribution is 6.31. The van der Waals surface area contributed by atoms with Gasteiger partial charge in [-0.25, -0.2) is 4.98 Å². The normalized spacial score (nSPS) is 10.6. The first-order valence-corrected chi connectivity index (χ1v) is 8.72. The fourth-order valence-corrected chi connectivity index (χ4v) is 2.69. The Kier molecular flexibility index (Phi) is 6.29. The molecule has 5 heteroatoms. The maximum Gasteiger partial charge on any atom is 0.129 e. The van der Waals surface area contributed by atoms with Crippen molar-refractivity contribution < 1.29 is 4.74 Å². The first-order chi connectivity index (χ1) is 12.2. The number of nitrogens with zero attached hydrogens (tertiary/aromatic N) is 1. The Morgan fingerprint density at radius 3 is 2.52 bits per heavy atom. The van der Waals surface area contributed by atoms with E-state index in [0.717, 1.165) is 40.6 Å². The van der Waals surface area contributed by atoms with Crippen LogP contribution in [-0.4, -0.2) is 4.98 Å². The summed E-state index contributed by atoms with van der Waals surface area (Å²) in [6, 6.07) is 19.5. The first-order valence-electron chi connectivity index (χ1n) is 7.97. The molecule has 0 fully saturated rings. The van der Waals surface area contributed by atoms with Crippen LogP contribution in [0.3, 0.4) is 0 Å². The number of pyridine rings is 1. The van der Waals surface area contributed by atoms with Crippen molar-refractivity contribution in [2.75, 3.05) is 0 Å². The summed E-state index contributed by atoms with van der Waals surface area (Å²) in [4.78, 5) is 4.07. The standard InChI is InChI=1S/C20H18Cl2N2O/c21-19-7-2-1-5-17(19)14-25-18-6-3-4-15(10-18)11-23-12-16-8-9-20(22)24-13-16/h1-10,13,23H,11-12,14H2. The van der Waals surface area contributed by atoms with Gasteiger partial charge in [0, 0.05) is 29.9 Å². The molecule has 1 aromatic heterocycles. The van der Waals surface area contributed by atoms with E-state index >= 15 is 0 Å². The highest BCUT2D eigenvalue weighted by Gasteiger charge is 2.02.